The third-order valence-corrected chi connectivity index (χ3v) is 2.91. The fraction of sp³-hybridized carbons (Fsp3) is 0.0714. The van der Waals surface area contributed by atoms with Crippen molar-refractivity contribution in [3.8, 4) is 11.1 Å². The Kier molecular flexibility index (Phi) is 2.41. The van der Waals surface area contributed by atoms with Gasteiger partial charge in [-0.05, 0) is 18.1 Å². The van der Waals surface area contributed by atoms with Crippen molar-refractivity contribution in [2.75, 3.05) is 0 Å². The molecule has 1 aromatic carbocycles. The normalized spacial score (nSPS) is 10.7. The highest BCUT2D eigenvalue weighted by molar-refractivity contribution is 5.74. The van der Waals surface area contributed by atoms with Crippen molar-refractivity contribution in [1.29, 1.82) is 0 Å². The summed E-state index contributed by atoms with van der Waals surface area (Å²) in [7, 11) is 0. The predicted molar refractivity (Wildman–Crippen MR) is 68.5 cm³/mol. The molecule has 3 aromatic rings. The van der Waals surface area contributed by atoms with E-state index in [0.29, 0.717) is 11.3 Å². The smallest absolute Gasteiger partial charge is 0.170 e. The van der Waals surface area contributed by atoms with Crippen LogP contribution in [0.1, 0.15) is 16.1 Å². The molecular formula is C14H11N3O. The van der Waals surface area contributed by atoms with E-state index < -0.39 is 0 Å². The minimum absolute atomic E-state index is 0.393. The molecule has 2 heterocycles. The van der Waals surface area contributed by atoms with Gasteiger partial charge in [0.15, 0.2) is 11.9 Å². The van der Waals surface area contributed by atoms with E-state index in [4.69, 9.17) is 0 Å². The van der Waals surface area contributed by atoms with E-state index in [1.807, 2.05) is 24.4 Å². The molecular weight excluding hydrogens is 226 g/mol. The maximum absolute atomic E-state index is 10.7. The molecule has 2 aromatic heterocycles. The van der Waals surface area contributed by atoms with Crippen LogP contribution in [-0.2, 0) is 0 Å². The number of nitrogens with zero attached hydrogens (tertiary/aromatic N) is 3. The molecule has 0 saturated carbocycles. The van der Waals surface area contributed by atoms with Gasteiger partial charge in [-0.2, -0.15) is 5.10 Å². The van der Waals surface area contributed by atoms with Crippen LogP contribution in [0.3, 0.4) is 0 Å². The number of carbonyl (C=O) groups excluding carboxylic acids is 1. The maximum Gasteiger partial charge on any atom is 0.170 e. The molecule has 0 saturated heterocycles. The van der Waals surface area contributed by atoms with Gasteiger partial charge in [-0.3, -0.25) is 4.79 Å². The minimum Gasteiger partial charge on any atom is -0.296 e. The lowest BCUT2D eigenvalue weighted by Crippen LogP contribution is -1.93. The van der Waals surface area contributed by atoms with Crippen molar-refractivity contribution in [2.24, 2.45) is 0 Å². The summed E-state index contributed by atoms with van der Waals surface area (Å²) < 4.78 is 1.63. The Labute approximate surface area is 104 Å². The molecule has 0 aliphatic carbocycles. The average molecular weight is 237 g/mol. The summed E-state index contributed by atoms with van der Waals surface area (Å²) in [6.45, 7) is 2.06. The van der Waals surface area contributed by atoms with Gasteiger partial charge in [-0.25, -0.2) is 9.50 Å². The zero-order valence-corrected chi connectivity index (χ0v) is 9.87. The monoisotopic (exact) mass is 237 g/mol. The van der Waals surface area contributed by atoms with Gasteiger partial charge in [-0.1, -0.05) is 24.3 Å². The van der Waals surface area contributed by atoms with Gasteiger partial charge in [-0.15, -0.1) is 0 Å². The van der Waals surface area contributed by atoms with Crippen LogP contribution < -0.4 is 0 Å². The Morgan fingerprint density at radius 2 is 2.11 bits per heavy atom. The molecule has 0 radical (unpaired) electrons. The number of aromatic nitrogens is 3. The maximum atomic E-state index is 10.7. The molecule has 4 nitrogen and oxygen atoms in total. The van der Waals surface area contributed by atoms with Crippen LogP contribution in [0, 0.1) is 6.92 Å². The van der Waals surface area contributed by atoms with Gasteiger partial charge in [0.25, 0.3) is 0 Å². The number of aldehydes is 1. The molecule has 3 rings (SSSR count). The van der Waals surface area contributed by atoms with Crippen molar-refractivity contribution < 1.29 is 4.79 Å². The topological polar surface area (TPSA) is 47.3 Å². The highest BCUT2D eigenvalue weighted by atomic mass is 16.1. The van der Waals surface area contributed by atoms with Gasteiger partial charge in [0, 0.05) is 24.0 Å². The molecule has 0 bridgehead atoms. The van der Waals surface area contributed by atoms with Crippen LogP contribution in [-0.4, -0.2) is 20.9 Å². The SMILES string of the molecule is Cc1ccccc1-c1cnc2cc(C=O)nn2c1. The fourth-order valence-corrected chi connectivity index (χ4v) is 1.99. The fourth-order valence-electron chi connectivity index (χ4n) is 1.99. The summed E-state index contributed by atoms with van der Waals surface area (Å²) in [5, 5.41) is 4.13. The Morgan fingerprint density at radius 3 is 2.89 bits per heavy atom. The van der Waals surface area contributed by atoms with Crippen LogP contribution in [0.2, 0.25) is 0 Å². The summed E-state index contributed by atoms with van der Waals surface area (Å²) in [4.78, 5) is 15.0. The molecule has 0 aliphatic heterocycles. The van der Waals surface area contributed by atoms with Crippen LogP contribution >= 0.6 is 0 Å². The number of hydrogen-bond acceptors (Lipinski definition) is 3. The predicted octanol–water partition coefficient (Wildman–Crippen LogP) is 2.52. The zero-order valence-electron chi connectivity index (χ0n) is 9.87. The number of benzene rings is 1. The van der Waals surface area contributed by atoms with Gasteiger partial charge in [0.1, 0.15) is 5.69 Å². The Bertz CT molecular complexity index is 731. The lowest BCUT2D eigenvalue weighted by atomic mass is 10.0. The first-order valence-corrected chi connectivity index (χ1v) is 5.64. The quantitative estimate of drug-likeness (QED) is 0.643. The lowest BCUT2D eigenvalue weighted by Gasteiger charge is -2.05. The molecule has 0 fully saturated rings. The molecule has 0 spiro atoms. The summed E-state index contributed by atoms with van der Waals surface area (Å²) in [6.07, 6.45) is 4.41. The van der Waals surface area contributed by atoms with Crippen molar-refractivity contribution in [2.45, 2.75) is 6.92 Å². The third kappa shape index (κ3) is 1.68. The van der Waals surface area contributed by atoms with Gasteiger partial charge < -0.3 is 0 Å². The van der Waals surface area contributed by atoms with E-state index in [-0.39, 0.29) is 0 Å². The third-order valence-electron chi connectivity index (χ3n) is 2.91. The molecule has 4 heteroatoms. The summed E-state index contributed by atoms with van der Waals surface area (Å²) in [6, 6.07) is 9.76. The lowest BCUT2D eigenvalue weighted by molar-refractivity contribution is 0.111. The van der Waals surface area contributed by atoms with Crippen molar-refractivity contribution >= 4 is 11.9 Å². The molecule has 0 atom stereocenters. The van der Waals surface area contributed by atoms with E-state index >= 15 is 0 Å². The van der Waals surface area contributed by atoms with E-state index in [0.717, 1.165) is 17.4 Å². The molecule has 88 valence electrons. The van der Waals surface area contributed by atoms with Gasteiger partial charge in [0.05, 0.1) is 0 Å². The first kappa shape index (κ1) is 10.7. The molecule has 18 heavy (non-hydrogen) atoms. The van der Waals surface area contributed by atoms with E-state index in [1.165, 1.54) is 5.56 Å². The Morgan fingerprint density at radius 1 is 1.28 bits per heavy atom. The van der Waals surface area contributed by atoms with Crippen molar-refractivity contribution in [3.63, 3.8) is 0 Å². The molecule has 0 aliphatic rings. The Hall–Kier alpha value is -2.49. The number of rotatable bonds is 2. The number of fused-ring (bicyclic) bond motifs is 1. The van der Waals surface area contributed by atoms with Crippen molar-refractivity contribution in [3.05, 3.63) is 54.0 Å². The second kappa shape index (κ2) is 4.07. The number of aryl methyl sites for hydroxylation is 1. The van der Waals surface area contributed by atoms with Crippen molar-refractivity contribution in [1.82, 2.24) is 14.6 Å². The summed E-state index contributed by atoms with van der Waals surface area (Å²) >= 11 is 0. The van der Waals surface area contributed by atoms with E-state index in [1.54, 1.807) is 16.8 Å². The van der Waals surface area contributed by atoms with Crippen LogP contribution in [0.25, 0.3) is 16.8 Å². The standard InChI is InChI=1S/C14H11N3O/c1-10-4-2-3-5-13(10)11-7-15-14-6-12(9-18)16-17(14)8-11/h2-9H,1H3. The average Bonchev–Trinajstić information content (AvgIpc) is 2.81. The second-order valence-corrected chi connectivity index (χ2v) is 4.15. The molecule has 0 unspecified atom stereocenters. The Balaban J connectivity index is 2.19. The highest BCUT2D eigenvalue weighted by Crippen LogP contribution is 2.22. The van der Waals surface area contributed by atoms with E-state index in [2.05, 4.69) is 23.1 Å². The molecule has 0 N–H and O–H groups in total. The van der Waals surface area contributed by atoms with Crippen LogP contribution in [0.4, 0.5) is 0 Å². The largest absolute Gasteiger partial charge is 0.296 e. The zero-order chi connectivity index (χ0) is 12.5. The number of carbonyl (C=O) groups is 1. The van der Waals surface area contributed by atoms with Gasteiger partial charge >= 0.3 is 0 Å². The molecule has 0 amide bonds. The highest BCUT2D eigenvalue weighted by Gasteiger charge is 2.05. The minimum atomic E-state index is 0.393. The summed E-state index contributed by atoms with van der Waals surface area (Å²) in [5.41, 5.74) is 4.36. The van der Waals surface area contributed by atoms with Gasteiger partial charge in [0.2, 0.25) is 0 Å². The van der Waals surface area contributed by atoms with Crippen LogP contribution in [0.15, 0.2) is 42.7 Å². The second-order valence-electron chi connectivity index (χ2n) is 4.15. The first-order chi connectivity index (χ1) is 8.78. The first-order valence-electron chi connectivity index (χ1n) is 5.64. The van der Waals surface area contributed by atoms with Crippen LogP contribution in [0.5, 0.6) is 0 Å². The van der Waals surface area contributed by atoms with E-state index in [9.17, 15) is 4.79 Å². The summed E-state index contributed by atoms with van der Waals surface area (Å²) in [5.74, 6) is 0. The number of hydrogen-bond donors (Lipinski definition) is 0.